The van der Waals surface area contributed by atoms with E-state index in [4.69, 9.17) is 5.11 Å². The summed E-state index contributed by atoms with van der Waals surface area (Å²) >= 11 is 0. The molecule has 0 saturated heterocycles. The zero-order chi connectivity index (χ0) is 13.7. The van der Waals surface area contributed by atoms with Crippen LogP contribution in [0.25, 0.3) is 0 Å². The van der Waals surface area contributed by atoms with Crippen LogP contribution in [0.2, 0.25) is 0 Å². The number of benzene rings is 1. The molecule has 5 nitrogen and oxygen atoms in total. The van der Waals surface area contributed by atoms with E-state index in [2.05, 4.69) is 5.32 Å². The summed E-state index contributed by atoms with van der Waals surface area (Å²) in [5.41, 5.74) is 0.961. The molecule has 0 heterocycles. The molecule has 2 N–H and O–H groups in total. The highest BCUT2D eigenvalue weighted by molar-refractivity contribution is 6.04. The van der Waals surface area contributed by atoms with Crippen LogP contribution in [0, 0.1) is 0 Å². The van der Waals surface area contributed by atoms with Gasteiger partial charge in [0.2, 0.25) is 5.91 Å². The van der Waals surface area contributed by atoms with Crippen molar-refractivity contribution in [2.45, 2.75) is 19.9 Å². The molecule has 98 valence electrons. The molecule has 0 fully saturated rings. The molecule has 0 radical (unpaired) electrons. The minimum atomic E-state index is -0.326. The summed E-state index contributed by atoms with van der Waals surface area (Å²) in [7, 11) is 1.61. The lowest BCUT2D eigenvalue weighted by Crippen LogP contribution is -2.36. The van der Waals surface area contributed by atoms with Gasteiger partial charge in [-0.05, 0) is 19.1 Å². The first-order valence-corrected chi connectivity index (χ1v) is 5.72. The molecule has 0 aliphatic rings. The van der Waals surface area contributed by atoms with Gasteiger partial charge in [0.15, 0.2) is 0 Å². The highest BCUT2D eigenvalue weighted by Gasteiger charge is 2.17. The lowest BCUT2D eigenvalue weighted by molar-refractivity contribution is -0.116. The van der Waals surface area contributed by atoms with Gasteiger partial charge in [0.1, 0.15) is 0 Å². The normalized spacial score (nSPS) is 11.8. The Labute approximate surface area is 106 Å². The first kappa shape index (κ1) is 14.2. The van der Waals surface area contributed by atoms with Gasteiger partial charge in [0.05, 0.1) is 17.9 Å². The molecule has 2 amide bonds. The smallest absolute Gasteiger partial charge is 0.253 e. The second kappa shape index (κ2) is 6.16. The lowest BCUT2D eigenvalue weighted by atomic mass is 10.1. The zero-order valence-corrected chi connectivity index (χ0v) is 10.8. The maximum Gasteiger partial charge on any atom is 0.253 e. The predicted molar refractivity (Wildman–Crippen MR) is 69.5 cm³/mol. The third-order valence-corrected chi connectivity index (χ3v) is 2.63. The van der Waals surface area contributed by atoms with Gasteiger partial charge in [-0.3, -0.25) is 9.59 Å². The molecule has 0 aliphatic heterocycles. The Morgan fingerprint density at radius 2 is 2.00 bits per heavy atom. The molecular weight excluding hydrogens is 232 g/mol. The van der Waals surface area contributed by atoms with Gasteiger partial charge >= 0.3 is 0 Å². The van der Waals surface area contributed by atoms with Gasteiger partial charge in [0.25, 0.3) is 5.91 Å². The number of hydrogen-bond donors (Lipinski definition) is 2. The Hall–Kier alpha value is -1.88. The SMILES string of the molecule is CC(=O)N(C)c1ccccc1C(=O)N[C@@H](C)CO. The van der Waals surface area contributed by atoms with E-state index in [1.165, 1.54) is 11.8 Å². The number of nitrogens with zero attached hydrogens (tertiary/aromatic N) is 1. The van der Waals surface area contributed by atoms with E-state index in [0.29, 0.717) is 11.3 Å². The highest BCUT2D eigenvalue weighted by atomic mass is 16.3. The summed E-state index contributed by atoms with van der Waals surface area (Å²) in [6.07, 6.45) is 0. The second-order valence-corrected chi connectivity index (χ2v) is 4.15. The van der Waals surface area contributed by atoms with Crippen molar-refractivity contribution in [3.63, 3.8) is 0 Å². The fourth-order valence-electron chi connectivity index (χ4n) is 1.47. The lowest BCUT2D eigenvalue weighted by Gasteiger charge is -2.19. The Bertz CT molecular complexity index is 446. The summed E-state index contributed by atoms with van der Waals surface area (Å²) < 4.78 is 0. The minimum absolute atomic E-state index is 0.129. The van der Waals surface area contributed by atoms with Crippen molar-refractivity contribution in [2.75, 3.05) is 18.6 Å². The van der Waals surface area contributed by atoms with Crippen molar-refractivity contribution < 1.29 is 14.7 Å². The maximum absolute atomic E-state index is 12.0. The fourth-order valence-corrected chi connectivity index (χ4v) is 1.47. The van der Waals surface area contributed by atoms with Gasteiger partial charge in [-0.1, -0.05) is 12.1 Å². The van der Waals surface area contributed by atoms with Crippen LogP contribution in [-0.4, -0.2) is 36.6 Å². The number of hydrogen-bond acceptors (Lipinski definition) is 3. The minimum Gasteiger partial charge on any atom is -0.394 e. The van der Waals surface area contributed by atoms with Crippen LogP contribution in [0.1, 0.15) is 24.2 Å². The number of aliphatic hydroxyl groups excluding tert-OH is 1. The van der Waals surface area contributed by atoms with Gasteiger partial charge < -0.3 is 15.3 Å². The van der Waals surface area contributed by atoms with E-state index in [9.17, 15) is 9.59 Å². The molecule has 0 bridgehead atoms. The van der Waals surface area contributed by atoms with Crippen molar-refractivity contribution in [1.82, 2.24) is 5.32 Å². The molecule has 0 spiro atoms. The number of carbonyl (C=O) groups excluding carboxylic acids is 2. The average molecular weight is 250 g/mol. The third kappa shape index (κ3) is 3.30. The zero-order valence-electron chi connectivity index (χ0n) is 10.8. The van der Waals surface area contributed by atoms with Crippen LogP contribution in [0.15, 0.2) is 24.3 Å². The molecular formula is C13H18N2O3. The van der Waals surface area contributed by atoms with Crippen LogP contribution in [0.5, 0.6) is 0 Å². The highest BCUT2D eigenvalue weighted by Crippen LogP contribution is 2.19. The van der Waals surface area contributed by atoms with E-state index in [1.807, 2.05) is 0 Å². The number of anilines is 1. The summed E-state index contributed by atoms with van der Waals surface area (Å²) in [6, 6.07) is 6.53. The van der Waals surface area contributed by atoms with Gasteiger partial charge in [-0.15, -0.1) is 0 Å². The third-order valence-electron chi connectivity index (χ3n) is 2.63. The van der Waals surface area contributed by atoms with Crippen molar-refractivity contribution in [3.05, 3.63) is 29.8 Å². The summed E-state index contributed by atoms with van der Waals surface area (Å²) in [5, 5.41) is 11.6. The number of carbonyl (C=O) groups is 2. The van der Waals surface area contributed by atoms with Crippen LogP contribution < -0.4 is 10.2 Å². The standard InChI is InChI=1S/C13H18N2O3/c1-9(8-16)14-13(18)11-6-4-5-7-12(11)15(3)10(2)17/h4-7,9,16H,8H2,1-3H3,(H,14,18)/t9-/m0/s1. The van der Waals surface area contributed by atoms with E-state index >= 15 is 0 Å². The topological polar surface area (TPSA) is 69.6 Å². The van der Waals surface area contributed by atoms with Crippen LogP contribution in [-0.2, 0) is 4.79 Å². The molecule has 0 aliphatic carbocycles. The van der Waals surface area contributed by atoms with E-state index in [1.54, 1.807) is 38.2 Å². The maximum atomic E-state index is 12.0. The molecule has 0 aromatic heterocycles. The molecule has 0 saturated carbocycles. The molecule has 0 unspecified atom stereocenters. The number of nitrogens with one attached hydrogen (secondary N) is 1. The number of amides is 2. The molecule has 18 heavy (non-hydrogen) atoms. The number of aliphatic hydroxyl groups is 1. The van der Waals surface area contributed by atoms with Crippen molar-refractivity contribution in [2.24, 2.45) is 0 Å². The second-order valence-electron chi connectivity index (χ2n) is 4.15. The first-order chi connectivity index (χ1) is 8.47. The molecule has 1 aromatic rings. The Kier molecular flexibility index (Phi) is 4.85. The quantitative estimate of drug-likeness (QED) is 0.829. The van der Waals surface area contributed by atoms with E-state index in [0.717, 1.165) is 0 Å². The fraction of sp³-hybridized carbons (Fsp3) is 0.385. The molecule has 1 rings (SSSR count). The van der Waals surface area contributed by atoms with E-state index in [-0.39, 0.29) is 24.5 Å². The monoisotopic (exact) mass is 250 g/mol. The largest absolute Gasteiger partial charge is 0.394 e. The van der Waals surface area contributed by atoms with Crippen molar-refractivity contribution in [3.8, 4) is 0 Å². The summed E-state index contributed by atoms with van der Waals surface area (Å²) in [4.78, 5) is 24.8. The predicted octanol–water partition coefficient (Wildman–Crippen LogP) is 0.780. The summed E-state index contributed by atoms with van der Waals surface area (Å²) in [5.74, 6) is -0.453. The van der Waals surface area contributed by atoms with Crippen molar-refractivity contribution in [1.29, 1.82) is 0 Å². The average Bonchev–Trinajstić information content (AvgIpc) is 2.37. The van der Waals surface area contributed by atoms with Gasteiger partial charge in [-0.2, -0.15) is 0 Å². The Morgan fingerprint density at radius 3 is 2.56 bits per heavy atom. The molecule has 5 heteroatoms. The first-order valence-electron chi connectivity index (χ1n) is 5.72. The molecule has 1 aromatic carbocycles. The van der Waals surface area contributed by atoms with Crippen LogP contribution in [0.4, 0.5) is 5.69 Å². The van der Waals surface area contributed by atoms with Crippen molar-refractivity contribution >= 4 is 17.5 Å². The molecule has 1 atom stereocenters. The number of rotatable bonds is 4. The van der Waals surface area contributed by atoms with Crippen LogP contribution >= 0.6 is 0 Å². The van der Waals surface area contributed by atoms with Crippen LogP contribution in [0.3, 0.4) is 0 Å². The summed E-state index contributed by atoms with van der Waals surface area (Å²) in [6.45, 7) is 3.01. The van der Waals surface area contributed by atoms with Gasteiger partial charge in [0, 0.05) is 20.0 Å². The number of para-hydroxylation sites is 1. The van der Waals surface area contributed by atoms with E-state index < -0.39 is 0 Å². The van der Waals surface area contributed by atoms with Gasteiger partial charge in [-0.25, -0.2) is 0 Å². The Morgan fingerprint density at radius 1 is 1.39 bits per heavy atom. The Balaban J connectivity index is 3.02.